The van der Waals surface area contributed by atoms with Crippen molar-refractivity contribution >= 4 is 11.2 Å². The number of ether oxygens (including phenoxy) is 1. The predicted octanol–water partition coefficient (Wildman–Crippen LogP) is 0.141. The van der Waals surface area contributed by atoms with E-state index in [9.17, 15) is 0 Å². The highest BCUT2D eigenvalue weighted by Crippen LogP contribution is 2.06. The number of H-pyrrole nitrogens is 2. The summed E-state index contributed by atoms with van der Waals surface area (Å²) in [5.41, 5.74) is 1.43. The van der Waals surface area contributed by atoms with Gasteiger partial charge in [-0.3, -0.25) is 0 Å². The number of aromatic nitrogens is 6. The number of fused-ring (bicyclic) bond motifs is 1. The second-order valence-electron chi connectivity index (χ2n) is 3.30. The Balaban J connectivity index is 1.76. The van der Waals surface area contributed by atoms with Crippen molar-refractivity contribution in [1.82, 2.24) is 24.9 Å². The van der Waals surface area contributed by atoms with Gasteiger partial charge in [-0.15, -0.1) is 0 Å². The summed E-state index contributed by atoms with van der Waals surface area (Å²) >= 11 is 0. The molecule has 0 bridgehead atoms. The molecular weight excluding hydrogens is 220 g/mol. The second-order valence-corrected chi connectivity index (χ2v) is 3.30. The molecule has 0 radical (unpaired) electrons. The summed E-state index contributed by atoms with van der Waals surface area (Å²) in [6, 6.07) is 2.14. The Hall–Kier alpha value is -2.57. The van der Waals surface area contributed by atoms with Crippen LogP contribution in [-0.4, -0.2) is 24.9 Å². The minimum atomic E-state index is 0.264. The van der Waals surface area contributed by atoms with Crippen LogP contribution in [0.1, 0.15) is 5.82 Å². The molecule has 0 aliphatic heterocycles. The molecular formula is C10H9N6O+. The van der Waals surface area contributed by atoms with Crippen LogP contribution in [0.4, 0.5) is 0 Å². The normalized spacial score (nSPS) is 10.6. The van der Waals surface area contributed by atoms with E-state index in [1.807, 2.05) is 0 Å². The fraction of sp³-hybridized carbons (Fsp3) is 0.100. The molecule has 0 saturated heterocycles. The molecule has 0 spiro atoms. The minimum Gasteiger partial charge on any atom is -0.420 e. The van der Waals surface area contributed by atoms with Crippen molar-refractivity contribution < 1.29 is 9.72 Å². The lowest BCUT2D eigenvalue weighted by molar-refractivity contribution is -0.398. The number of imidazole rings is 1. The molecule has 17 heavy (non-hydrogen) atoms. The van der Waals surface area contributed by atoms with E-state index in [-0.39, 0.29) is 6.61 Å². The van der Waals surface area contributed by atoms with Crippen molar-refractivity contribution in [2.24, 2.45) is 0 Å². The van der Waals surface area contributed by atoms with Crippen LogP contribution in [0, 0.1) is 0 Å². The number of nitrogens with one attached hydrogen (secondary N) is 2. The first-order valence-corrected chi connectivity index (χ1v) is 5.02. The zero-order chi connectivity index (χ0) is 11.5. The maximum Gasteiger partial charge on any atom is 0.498 e. The molecule has 2 N–H and O–H groups in total. The lowest BCUT2D eigenvalue weighted by Crippen LogP contribution is -2.12. The van der Waals surface area contributed by atoms with E-state index in [4.69, 9.17) is 4.74 Å². The molecule has 7 nitrogen and oxygen atoms in total. The van der Waals surface area contributed by atoms with E-state index in [1.54, 1.807) is 31.0 Å². The highest BCUT2D eigenvalue weighted by molar-refractivity contribution is 5.67. The number of aromatic amines is 2. The SMILES string of the molecule is c1cnc(COc2nc3nc[nH]c3c[nH+]2)nc1. The van der Waals surface area contributed by atoms with E-state index >= 15 is 0 Å². The van der Waals surface area contributed by atoms with Gasteiger partial charge in [0, 0.05) is 17.4 Å². The van der Waals surface area contributed by atoms with Crippen LogP contribution in [0.5, 0.6) is 6.01 Å². The van der Waals surface area contributed by atoms with Crippen molar-refractivity contribution in [3.63, 3.8) is 0 Å². The third-order valence-corrected chi connectivity index (χ3v) is 2.15. The first-order valence-electron chi connectivity index (χ1n) is 5.02. The fourth-order valence-electron chi connectivity index (χ4n) is 1.37. The van der Waals surface area contributed by atoms with Crippen LogP contribution < -0.4 is 9.72 Å². The Kier molecular flexibility index (Phi) is 2.34. The molecule has 0 aliphatic rings. The van der Waals surface area contributed by atoms with Crippen molar-refractivity contribution in [1.29, 1.82) is 0 Å². The van der Waals surface area contributed by atoms with Crippen LogP contribution in [0.3, 0.4) is 0 Å². The Morgan fingerprint density at radius 1 is 1.24 bits per heavy atom. The number of nitrogens with zero attached hydrogens (tertiary/aromatic N) is 4. The molecule has 3 rings (SSSR count). The van der Waals surface area contributed by atoms with Crippen LogP contribution in [0.15, 0.2) is 31.0 Å². The van der Waals surface area contributed by atoms with Gasteiger partial charge in [0.05, 0.1) is 6.33 Å². The molecule has 0 atom stereocenters. The summed E-state index contributed by atoms with van der Waals surface area (Å²) in [5.74, 6) is 0.602. The highest BCUT2D eigenvalue weighted by atomic mass is 16.5. The molecule has 3 heterocycles. The van der Waals surface area contributed by atoms with E-state index < -0.39 is 0 Å². The maximum absolute atomic E-state index is 5.42. The third kappa shape index (κ3) is 2.03. The van der Waals surface area contributed by atoms with Gasteiger partial charge in [0.15, 0.2) is 17.9 Å². The van der Waals surface area contributed by atoms with E-state index in [2.05, 4.69) is 29.9 Å². The molecule has 3 aromatic heterocycles. The first kappa shape index (κ1) is 9.64. The average molecular weight is 229 g/mol. The van der Waals surface area contributed by atoms with Gasteiger partial charge in [-0.25, -0.2) is 15.0 Å². The van der Waals surface area contributed by atoms with Crippen LogP contribution in [0.2, 0.25) is 0 Å². The lowest BCUT2D eigenvalue weighted by Gasteiger charge is -1.97. The topological polar surface area (TPSA) is 90.7 Å². The molecule has 0 aromatic carbocycles. The maximum atomic E-state index is 5.42. The van der Waals surface area contributed by atoms with Crippen molar-refractivity contribution in [2.45, 2.75) is 6.61 Å². The average Bonchev–Trinajstić information content (AvgIpc) is 2.85. The van der Waals surface area contributed by atoms with Crippen molar-refractivity contribution in [3.05, 3.63) is 36.8 Å². The van der Waals surface area contributed by atoms with Gasteiger partial charge < -0.3 is 9.72 Å². The molecule has 0 saturated carbocycles. The van der Waals surface area contributed by atoms with Crippen molar-refractivity contribution in [2.75, 3.05) is 0 Å². The van der Waals surface area contributed by atoms with Gasteiger partial charge in [0.1, 0.15) is 6.20 Å². The number of hydrogen-bond acceptors (Lipinski definition) is 5. The quantitative estimate of drug-likeness (QED) is 0.689. The predicted molar refractivity (Wildman–Crippen MR) is 56.8 cm³/mol. The van der Waals surface area contributed by atoms with Crippen LogP contribution in [-0.2, 0) is 6.61 Å². The van der Waals surface area contributed by atoms with Gasteiger partial charge in [-0.2, -0.15) is 4.98 Å². The van der Waals surface area contributed by atoms with Gasteiger partial charge in [0.25, 0.3) is 5.65 Å². The van der Waals surface area contributed by atoms with E-state index in [1.165, 1.54) is 0 Å². The molecule has 0 aliphatic carbocycles. The van der Waals surface area contributed by atoms with Gasteiger partial charge in [-0.05, 0) is 6.07 Å². The minimum absolute atomic E-state index is 0.264. The Morgan fingerprint density at radius 2 is 2.12 bits per heavy atom. The summed E-state index contributed by atoms with van der Waals surface area (Å²) in [4.78, 5) is 22.1. The van der Waals surface area contributed by atoms with E-state index in [0.29, 0.717) is 17.5 Å². The highest BCUT2D eigenvalue weighted by Gasteiger charge is 2.12. The van der Waals surface area contributed by atoms with E-state index in [0.717, 1.165) is 5.52 Å². The number of rotatable bonds is 3. The van der Waals surface area contributed by atoms with Crippen LogP contribution >= 0.6 is 0 Å². The molecule has 0 amide bonds. The summed E-state index contributed by atoms with van der Waals surface area (Å²) in [7, 11) is 0. The molecule has 0 unspecified atom stereocenters. The largest absolute Gasteiger partial charge is 0.498 e. The smallest absolute Gasteiger partial charge is 0.420 e. The summed E-state index contributed by atoms with van der Waals surface area (Å²) in [5, 5.41) is 0. The zero-order valence-corrected chi connectivity index (χ0v) is 8.79. The second kappa shape index (κ2) is 4.12. The lowest BCUT2D eigenvalue weighted by atomic mass is 10.5. The summed E-state index contributed by atoms with van der Waals surface area (Å²) in [6.07, 6.45) is 6.66. The summed E-state index contributed by atoms with van der Waals surface area (Å²) in [6.45, 7) is 0.264. The fourth-order valence-corrected chi connectivity index (χ4v) is 1.37. The number of hydrogen-bond donors (Lipinski definition) is 1. The zero-order valence-electron chi connectivity index (χ0n) is 8.79. The Bertz CT molecular complexity index is 623. The monoisotopic (exact) mass is 229 g/mol. The Morgan fingerprint density at radius 3 is 3.00 bits per heavy atom. The Labute approximate surface area is 96.0 Å². The third-order valence-electron chi connectivity index (χ3n) is 2.15. The molecule has 3 aromatic rings. The molecule has 84 valence electrons. The van der Waals surface area contributed by atoms with Crippen LogP contribution in [0.25, 0.3) is 11.2 Å². The molecule has 7 heteroatoms. The molecule has 0 fully saturated rings. The first-order chi connectivity index (χ1) is 8.42. The van der Waals surface area contributed by atoms with Gasteiger partial charge >= 0.3 is 6.01 Å². The van der Waals surface area contributed by atoms with Gasteiger partial charge in [-0.1, -0.05) is 0 Å². The summed E-state index contributed by atoms with van der Waals surface area (Å²) < 4.78 is 5.42. The van der Waals surface area contributed by atoms with Gasteiger partial charge in [0.2, 0.25) is 0 Å². The van der Waals surface area contributed by atoms with Crippen molar-refractivity contribution in [3.8, 4) is 6.01 Å². The standard InChI is InChI=1S/C10H8N6O/c1-2-11-8(12-3-1)5-17-10-13-4-7-9(16-10)15-6-14-7/h1-4,6H,5H2,(H,13,14,15,16)/p+1.